The van der Waals surface area contributed by atoms with Gasteiger partial charge in [-0.05, 0) is 44.2 Å². The van der Waals surface area contributed by atoms with Crippen molar-refractivity contribution in [2.45, 2.75) is 25.3 Å². The van der Waals surface area contributed by atoms with Gasteiger partial charge in [0.15, 0.2) is 0 Å². The summed E-state index contributed by atoms with van der Waals surface area (Å²) in [6, 6.07) is 7.81. The van der Waals surface area contributed by atoms with Crippen molar-refractivity contribution in [3.05, 3.63) is 29.8 Å². The van der Waals surface area contributed by atoms with Gasteiger partial charge in [0.05, 0.1) is 6.61 Å². The maximum atomic E-state index is 12.5. The Kier molecular flexibility index (Phi) is 6.68. The Morgan fingerprint density at radius 3 is 2.77 bits per heavy atom. The number of ether oxygens (including phenoxy) is 2. The third kappa shape index (κ3) is 4.71. The Hall–Kier alpha value is -1.59. The summed E-state index contributed by atoms with van der Waals surface area (Å²) >= 11 is 0. The fourth-order valence-electron chi connectivity index (χ4n) is 2.67. The monoisotopic (exact) mass is 306 g/mol. The number of nitrogens with one attached hydrogen (secondary N) is 1. The van der Waals surface area contributed by atoms with Crippen LogP contribution in [0.2, 0.25) is 0 Å². The molecule has 1 aromatic rings. The third-order valence-electron chi connectivity index (χ3n) is 3.98. The molecule has 0 aliphatic carbocycles. The molecule has 1 aromatic carbocycles. The molecule has 1 atom stereocenters. The summed E-state index contributed by atoms with van der Waals surface area (Å²) in [6.07, 6.45) is 3.04. The lowest BCUT2D eigenvalue weighted by molar-refractivity contribution is 0.0698. The minimum absolute atomic E-state index is 0.103. The highest BCUT2D eigenvalue weighted by Crippen LogP contribution is 2.17. The second-order valence-electron chi connectivity index (χ2n) is 5.60. The quantitative estimate of drug-likeness (QED) is 0.782. The largest absolute Gasteiger partial charge is 0.494 e. The zero-order valence-electron chi connectivity index (χ0n) is 13.5. The average Bonchev–Trinajstić information content (AvgIpc) is 2.59. The second-order valence-corrected chi connectivity index (χ2v) is 5.60. The summed E-state index contributed by atoms with van der Waals surface area (Å²) in [7, 11) is 3.63. The molecule has 1 aliphatic rings. The van der Waals surface area contributed by atoms with E-state index >= 15 is 0 Å². The Bertz CT molecular complexity index is 461. The molecule has 122 valence electrons. The van der Waals surface area contributed by atoms with Crippen molar-refractivity contribution in [3.8, 4) is 5.75 Å². The van der Waals surface area contributed by atoms with E-state index in [2.05, 4.69) is 5.32 Å². The zero-order chi connectivity index (χ0) is 15.8. The predicted octanol–water partition coefficient (Wildman–Crippen LogP) is 1.93. The van der Waals surface area contributed by atoms with Gasteiger partial charge in [-0.1, -0.05) is 0 Å². The van der Waals surface area contributed by atoms with Gasteiger partial charge >= 0.3 is 0 Å². The summed E-state index contributed by atoms with van der Waals surface area (Å²) in [5.41, 5.74) is 0.723. The molecular weight excluding hydrogens is 280 g/mol. The molecular formula is C17H26N2O3. The minimum Gasteiger partial charge on any atom is -0.494 e. The molecule has 0 radical (unpaired) electrons. The van der Waals surface area contributed by atoms with Crippen LogP contribution >= 0.6 is 0 Å². The Morgan fingerprint density at radius 1 is 1.32 bits per heavy atom. The fraction of sp³-hybridized carbons (Fsp3) is 0.588. The van der Waals surface area contributed by atoms with E-state index in [1.165, 1.54) is 0 Å². The van der Waals surface area contributed by atoms with Crippen LogP contribution < -0.4 is 10.1 Å². The number of benzene rings is 1. The van der Waals surface area contributed by atoms with E-state index in [-0.39, 0.29) is 5.91 Å². The first kappa shape index (κ1) is 16.8. The summed E-state index contributed by atoms with van der Waals surface area (Å²) in [6.45, 7) is 2.94. The number of nitrogens with zero attached hydrogens (tertiary/aromatic N) is 1. The minimum atomic E-state index is 0.103. The standard InChI is InChI=1S/C17H26N2O3/c1-18-15-5-3-10-19(13-15)17(20)14-6-8-16(9-7-14)22-12-4-11-21-2/h6-9,15,18H,3-5,10-13H2,1-2H3. The molecule has 5 nitrogen and oxygen atoms in total. The van der Waals surface area contributed by atoms with Crippen LogP contribution in [-0.2, 0) is 4.74 Å². The van der Waals surface area contributed by atoms with Gasteiger partial charge < -0.3 is 19.7 Å². The van der Waals surface area contributed by atoms with E-state index in [0.29, 0.717) is 19.3 Å². The highest BCUT2D eigenvalue weighted by molar-refractivity contribution is 5.94. The lowest BCUT2D eigenvalue weighted by Crippen LogP contribution is -2.46. The molecule has 1 unspecified atom stereocenters. The number of methoxy groups -OCH3 is 1. The van der Waals surface area contributed by atoms with Gasteiger partial charge in [-0.15, -0.1) is 0 Å². The molecule has 0 saturated carbocycles. The maximum Gasteiger partial charge on any atom is 0.253 e. The second kappa shape index (κ2) is 8.76. The SMILES string of the molecule is CNC1CCCN(C(=O)c2ccc(OCCCOC)cc2)C1. The summed E-state index contributed by atoms with van der Waals surface area (Å²) in [4.78, 5) is 14.4. The number of amides is 1. The van der Waals surface area contributed by atoms with Crippen molar-refractivity contribution in [1.82, 2.24) is 10.2 Å². The first-order chi connectivity index (χ1) is 10.7. The molecule has 0 aromatic heterocycles. The van der Waals surface area contributed by atoms with Crippen molar-refractivity contribution in [2.24, 2.45) is 0 Å². The van der Waals surface area contributed by atoms with E-state index in [0.717, 1.165) is 43.7 Å². The zero-order valence-corrected chi connectivity index (χ0v) is 13.5. The van der Waals surface area contributed by atoms with Crippen LogP contribution in [0, 0.1) is 0 Å². The number of likely N-dealkylation sites (N-methyl/N-ethyl adjacent to an activating group) is 1. The number of likely N-dealkylation sites (tertiary alicyclic amines) is 1. The highest BCUT2D eigenvalue weighted by Gasteiger charge is 2.23. The smallest absolute Gasteiger partial charge is 0.253 e. The predicted molar refractivity (Wildman–Crippen MR) is 86.4 cm³/mol. The van der Waals surface area contributed by atoms with Crippen LogP contribution in [0.4, 0.5) is 0 Å². The summed E-state index contributed by atoms with van der Waals surface area (Å²) in [5, 5.41) is 3.26. The molecule has 1 N–H and O–H groups in total. The molecule has 1 aliphatic heterocycles. The molecule has 1 heterocycles. The number of hydrogen-bond donors (Lipinski definition) is 1. The lowest BCUT2D eigenvalue weighted by atomic mass is 10.0. The first-order valence-corrected chi connectivity index (χ1v) is 7.93. The van der Waals surface area contributed by atoms with E-state index in [4.69, 9.17) is 9.47 Å². The number of rotatable bonds is 7. The van der Waals surface area contributed by atoms with Crippen molar-refractivity contribution in [2.75, 3.05) is 40.5 Å². The number of piperidine rings is 1. The number of hydrogen-bond acceptors (Lipinski definition) is 4. The molecule has 1 amide bonds. The van der Waals surface area contributed by atoms with E-state index in [1.54, 1.807) is 7.11 Å². The number of carbonyl (C=O) groups is 1. The fourth-order valence-corrected chi connectivity index (χ4v) is 2.67. The third-order valence-corrected chi connectivity index (χ3v) is 3.98. The molecule has 1 fully saturated rings. The van der Waals surface area contributed by atoms with Crippen LogP contribution in [0.5, 0.6) is 5.75 Å². The van der Waals surface area contributed by atoms with Crippen LogP contribution in [-0.4, -0.2) is 57.3 Å². The molecule has 2 rings (SSSR count). The molecule has 1 saturated heterocycles. The van der Waals surface area contributed by atoms with Crippen molar-refractivity contribution in [1.29, 1.82) is 0 Å². The van der Waals surface area contributed by atoms with Crippen LogP contribution in [0.15, 0.2) is 24.3 Å². The Morgan fingerprint density at radius 2 is 2.09 bits per heavy atom. The van der Waals surface area contributed by atoms with Crippen LogP contribution in [0.1, 0.15) is 29.6 Å². The highest BCUT2D eigenvalue weighted by atomic mass is 16.5. The Balaban J connectivity index is 1.87. The van der Waals surface area contributed by atoms with Crippen molar-refractivity contribution in [3.63, 3.8) is 0 Å². The van der Waals surface area contributed by atoms with Crippen LogP contribution in [0.25, 0.3) is 0 Å². The summed E-state index contributed by atoms with van der Waals surface area (Å²) < 4.78 is 10.6. The number of carbonyl (C=O) groups excluding carboxylic acids is 1. The molecule has 5 heteroatoms. The first-order valence-electron chi connectivity index (χ1n) is 7.93. The van der Waals surface area contributed by atoms with Gasteiger partial charge in [-0.2, -0.15) is 0 Å². The van der Waals surface area contributed by atoms with Crippen molar-refractivity contribution >= 4 is 5.91 Å². The van der Waals surface area contributed by atoms with Crippen molar-refractivity contribution < 1.29 is 14.3 Å². The van der Waals surface area contributed by atoms with E-state index in [9.17, 15) is 4.79 Å². The normalized spacial score (nSPS) is 18.3. The molecule has 0 spiro atoms. The summed E-state index contributed by atoms with van der Waals surface area (Å²) in [5.74, 6) is 0.894. The van der Waals surface area contributed by atoms with Crippen LogP contribution in [0.3, 0.4) is 0 Å². The Labute approximate surface area is 132 Å². The van der Waals surface area contributed by atoms with Gasteiger partial charge in [-0.3, -0.25) is 4.79 Å². The average molecular weight is 306 g/mol. The molecule has 22 heavy (non-hydrogen) atoms. The van der Waals surface area contributed by atoms with Gasteiger partial charge in [0.1, 0.15) is 5.75 Å². The van der Waals surface area contributed by atoms with Gasteiger partial charge in [0.2, 0.25) is 0 Å². The topological polar surface area (TPSA) is 50.8 Å². The van der Waals surface area contributed by atoms with E-state index in [1.807, 2.05) is 36.2 Å². The van der Waals surface area contributed by atoms with Gasteiger partial charge in [0, 0.05) is 44.8 Å². The van der Waals surface area contributed by atoms with Gasteiger partial charge in [-0.25, -0.2) is 0 Å². The maximum absolute atomic E-state index is 12.5. The van der Waals surface area contributed by atoms with E-state index < -0.39 is 0 Å². The molecule has 0 bridgehead atoms. The van der Waals surface area contributed by atoms with Gasteiger partial charge in [0.25, 0.3) is 5.91 Å². The lowest BCUT2D eigenvalue weighted by Gasteiger charge is -2.32.